The van der Waals surface area contributed by atoms with Crippen molar-refractivity contribution in [3.8, 4) is 5.75 Å². The first kappa shape index (κ1) is 11.9. The molecular formula is C13H18N2O2. The third-order valence-corrected chi connectivity index (χ3v) is 3.27. The van der Waals surface area contributed by atoms with Crippen molar-refractivity contribution in [3.05, 3.63) is 29.3 Å². The molecule has 4 nitrogen and oxygen atoms in total. The highest BCUT2D eigenvalue weighted by Crippen LogP contribution is 2.19. The van der Waals surface area contributed by atoms with E-state index < -0.39 is 0 Å². The topological polar surface area (TPSA) is 75.4 Å². The fraction of sp³-hybridized carbons (Fsp3) is 0.462. The van der Waals surface area contributed by atoms with E-state index >= 15 is 0 Å². The number of nitrogens with two attached hydrogens (primary N) is 1. The van der Waals surface area contributed by atoms with Crippen LogP contribution < -0.4 is 11.1 Å². The zero-order chi connectivity index (χ0) is 12.4. The van der Waals surface area contributed by atoms with Crippen LogP contribution in [0.15, 0.2) is 18.2 Å². The first-order valence-electron chi connectivity index (χ1n) is 5.92. The minimum Gasteiger partial charge on any atom is -0.508 e. The Bertz CT molecular complexity index is 431. The van der Waals surface area contributed by atoms with Crippen molar-refractivity contribution in [3.63, 3.8) is 0 Å². The van der Waals surface area contributed by atoms with Crippen molar-refractivity contribution in [1.29, 1.82) is 0 Å². The lowest BCUT2D eigenvalue weighted by Gasteiger charge is -2.12. The van der Waals surface area contributed by atoms with Gasteiger partial charge in [0.15, 0.2) is 0 Å². The second-order valence-electron chi connectivity index (χ2n) is 4.74. The van der Waals surface area contributed by atoms with Crippen molar-refractivity contribution in [1.82, 2.24) is 5.32 Å². The highest BCUT2D eigenvalue weighted by Gasteiger charge is 2.23. The Labute approximate surface area is 101 Å². The average molecular weight is 234 g/mol. The number of phenols is 1. The molecule has 1 aliphatic rings. The summed E-state index contributed by atoms with van der Waals surface area (Å²) >= 11 is 0. The normalized spacial score (nSPS) is 23.6. The van der Waals surface area contributed by atoms with Gasteiger partial charge in [-0.2, -0.15) is 0 Å². The molecule has 0 bridgehead atoms. The minimum absolute atomic E-state index is 0.0906. The van der Waals surface area contributed by atoms with Gasteiger partial charge in [-0.3, -0.25) is 4.79 Å². The summed E-state index contributed by atoms with van der Waals surface area (Å²) in [6.07, 6.45) is 2.77. The van der Waals surface area contributed by atoms with E-state index in [1.165, 1.54) is 0 Å². The summed E-state index contributed by atoms with van der Waals surface area (Å²) in [4.78, 5) is 11.9. The van der Waals surface area contributed by atoms with Gasteiger partial charge in [-0.05, 0) is 49.9 Å². The van der Waals surface area contributed by atoms with Crippen molar-refractivity contribution in [2.75, 3.05) is 0 Å². The van der Waals surface area contributed by atoms with Crippen LogP contribution in [0, 0.1) is 6.92 Å². The average Bonchev–Trinajstić information content (AvgIpc) is 2.68. The summed E-state index contributed by atoms with van der Waals surface area (Å²) in [6, 6.07) is 5.27. The Balaban J connectivity index is 2.02. The first-order valence-corrected chi connectivity index (χ1v) is 5.92. The first-order chi connectivity index (χ1) is 8.06. The van der Waals surface area contributed by atoms with Crippen LogP contribution >= 0.6 is 0 Å². The number of amides is 1. The van der Waals surface area contributed by atoms with Crippen molar-refractivity contribution in [2.24, 2.45) is 5.73 Å². The maximum absolute atomic E-state index is 11.9. The number of hydrogen-bond acceptors (Lipinski definition) is 3. The zero-order valence-corrected chi connectivity index (χ0v) is 9.94. The van der Waals surface area contributed by atoms with Crippen LogP contribution in [0.5, 0.6) is 5.75 Å². The van der Waals surface area contributed by atoms with Gasteiger partial charge in [-0.15, -0.1) is 0 Å². The molecule has 0 saturated heterocycles. The maximum atomic E-state index is 11.9. The lowest BCUT2D eigenvalue weighted by atomic mass is 10.1. The van der Waals surface area contributed by atoms with Gasteiger partial charge in [0.2, 0.25) is 0 Å². The van der Waals surface area contributed by atoms with Crippen LogP contribution in [-0.4, -0.2) is 23.1 Å². The number of phenolic OH excluding ortho intramolecular Hbond substituents is 1. The SMILES string of the molecule is Cc1cc(C(=O)N[C@@H]2CC[C@@H](N)C2)ccc1O. The lowest BCUT2D eigenvalue weighted by molar-refractivity contribution is 0.0937. The van der Waals surface area contributed by atoms with E-state index in [2.05, 4.69) is 5.32 Å². The maximum Gasteiger partial charge on any atom is 0.251 e. The van der Waals surface area contributed by atoms with Gasteiger partial charge in [0.05, 0.1) is 0 Å². The molecule has 92 valence electrons. The molecular weight excluding hydrogens is 216 g/mol. The van der Waals surface area contributed by atoms with E-state index in [0.717, 1.165) is 19.3 Å². The fourth-order valence-corrected chi connectivity index (χ4v) is 2.21. The molecule has 1 saturated carbocycles. The molecule has 0 radical (unpaired) electrons. The molecule has 1 amide bonds. The fourth-order valence-electron chi connectivity index (χ4n) is 2.21. The van der Waals surface area contributed by atoms with Gasteiger partial charge in [0.25, 0.3) is 5.91 Å². The third-order valence-electron chi connectivity index (χ3n) is 3.27. The molecule has 4 heteroatoms. The van der Waals surface area contributed by atoms with Crippen LogP contribution in [-0.2, 0) is 0 Å². The Morgan fingerprint density at radius 3 is 2.82 bits per heavy atom. The van der Waals surface area contributed by atoms with E-state index in [4.69, 9.17) is 5.73 Å². The molecule has 1 aromatic rings. The molecule has 0 aromatic heterocycles. The number of hydrogen-bond donors (Lipinski definition) is 3. The second-order valence-corrected chi connectivity index (χ2v) is 4.74. The molecule has 1 aromatic carbocycles. The molecule has 1 aliphatic carbocycles. The number of carbonyl (C=O) groups excluding carboxylic acids is 1. The number of nitrogens with one attached hydrogen (secondary N) is 1. The molecule has 17 heavy (non-hydrogen) atoms. The zero-order valence-electron chi connectivity index (χ0n) is 9.94. The number of benzene rings is 1. The molecule has 1 fully saturated rings. The van der Waals surface area contributed by atoms with Gasteiger partial charge in [-0.25, -0.2) is 0 Å². The lowest BCUT2D eigenvalue weighted by Crippen LogP contribution is -2.34. The van der Waals surface area contributed by atoms with Crippen LogP contribution in [0.4, 0.5) is 0 Å². The van der Waals surface area contributed by atoms with Crippen molar-refractivity contribution >= 4 is 5.91 Å². The van der Waals surface area contributed by atoms with E-state index in [-0.39, 0.29) is 23.7 Å². The summed E-state index contributed by atoms with van der Waals surface area (Å²) in [5, 5.41) is 12.4. The van der Waals surface area contributed by atoms with Gasteiger partial charge < -0.3 is 16.2 Å². The molecule has 2 rings (SSSR count). The van der Waals surface area contributed by atoms with E-state index in [0.29, 0.717) is 11.1 Å². The Kier molecular flexibility index (Phi) is 3.33. The summed E-state index contributed by atoms with van der Waals surface area (Å²) < 4.78 is 0. The summed E-state index contributed by atoms with van der Waals surface area (Å²) in [6.45, 7) is 1.78. The molecule has 0 heterocycles. The van der Waals surface area contributed by atoms with E-state index in [9.17, 15) is 9.90 Å². The smallest absolute Gasteiger partial charge is 0.251 e. The monoisotopic (exact) mass is 234 g/mol. The van der Waals surface area contributed by atoms with Crippen LogP contribution in [0.1, 0.15) is 35.2 Å². The Morgan fingerprint density at radius 2 is 2.24 bits per heavy atom. The molecule has 0 spiro atoms. The Morgan fingerprint density at radius 1 is 1.47 bits per heavy atom. The standard InChI is InChI=1S/C13H18N2O2/c1-8-6-9(2-5-12(8)16)13(17)15-11-4-3-10(14)7-11/h2,5-6,10-11,16H,3-4,7,14H2,1H3,(H,15,17)/t10-,11-/m1/s1. The second kappa shape index (κ2) is 4.75. The van der Waals surface area contributed by atoms with Crippen LogP contribution in [0.25, 0.3) is 0 Å². The van der Waals surface area contributed by atoms with Crippen LogP contribution in [0.3, 0.4) is 0 Å². The Hall–Kier alpha value is -1.55. The highest BCUT2D eigenvalue weighted by molar-refractivity contribution is 5.94. The highest BCUT2D eigenvalue weighted by atomic mass is 16.3. The number of rotatable bonds is 2. The molecule has 0 unspecified atom stereocenters. The number of aromatic hydroxyl groups is 1. The minimum atomic E-state index is -0.0906. The van der Waals surface area contributed by atoms with Crippen molar-refractivity contribution < 1.29 is 9.90 Å². The van der Waals surface area contributed by atoms with Gasteiger partial charge in [0, 0.05) is 17.6 Å². The van der Waals surface area contributed by atoms with E-state index in [1.54, 1.807) is 25.1 Å². The molecule has 4 N–H and O–H groups in total. The van der Waals surface area contributed by atoms with Crippen LogP contribution in [0.2, 0.25) is 0 Å². The summed E-state index contributed by atoms with van der Waals surface area (Å²) in [5.41, 5.74) is 7.09. The third kappa shape index (κ3) is 2.77. The number of aryl methyl sites for hydroxylation is 1. The quantitative estimate of drug-likeness (QED) is 0.722. The predicted octanol–water partition coefficient (Wildman–Crippen LogP) is 1.31. The van der Waals surface area contributed by atoms with Gasteiger partial charge >= 0.3 is 0 Å². The molecule has 0 aliphatic heterocycles. The predicted molar refractivity (Wildman–Crippen MR) is 65.9 cm³/mol. The summed E-state index contributed by atoms with van der Waals surface area (Å²) in [5.74, 6) is 0.122. The molecule has 2 atom stereocenters. The largest absolute Gasteiger partial charge is 0.508 e. The van der Waals surface area contributed by atoms with Gasteiger partial charge in [-0.1, -0.05) is 0 Å². The van der Waals surface area contributed by atoms with Gasteiger partial charge in [0.1, 0.15) is 5.75 Å². The summed E-state index contributed by atoms with van der Waals surface area (Å²) in [7, 11) is 0. The van der Waals surface area contributed by atoms with Crippen molar-refractivity contribution in [2.45, 2.75) is 38.3 Å². The number of carbonyl (C=O) groups is 1. The van der Waals surface area contributed by atoms with E-state index in [1.807, 2.05) is 0 Å².